The molecule has 20 heavy (non-hydrogen) atoms. The van der Waals surface area contributed by atoms with Gasteiger partial charge >= 0.3 is 0 Å². The first-order chi connectivity index (χ1) is 9.67. The molecule has 0 aromatic heterocycles. The van der Waals surface area contributed by atoms with Crippen LogP contribution in [-0.4, -0.2) is 42.2 Å². The molecule has 0 spiro atoms. The number of nitrogens with one attached hydrogen (secondary N) is 1. The topological polar surface area (TPSA) is 78.6 Å². The zero-order valence-corrected chi connectivity index (χ0v) is 11.7. The number of likely N-dealkylation sites (tertiary alicyclic amines) is 1. The maximum Gasteiger partial charge on any atom is 0.238 e. The monoisotopic (exact) mass is 277 g/mol. The van der Waals surface area contributed by atoms with Crippen LogP contribution in [0.4, 0.5) is 11.4 Å². The maximum absolute atomic E-state index is 12.0. The summed E-state index contributed by atoms with van der Waals surface area (Å²) < 4.78 is 0. The lowest BCUT2D eigenvalue weighted by Crippen LogP contribution is -2.40. The van der Waals surface area contributed by atoms with Crippen molar-refractivity contribution in [3.05, 3.63) is 24.3 Å². The number of nitrogens with zero attached hydrogens (tertiary/aromatic N) is 1. The van der Waals surface area contributed by atoms with Crippen LogP contribution < -0.4 is 11.1 Å². The van der Waals surface area contributed by atoms with E-state index in [2.05, 4.69) is 10.2 Å². The third-order valence-corrected chi connectivity index (χ3v) is 3.70. The summed E-state index contributed by atoms with van der Waals surface area (Å²) in [5.41, 5.74) is 7.07. The van der Waals surface area contributed by atoms with Gasteiger partial charge in [0.25, 0.3) is 0 Å². The third-order valence-electron chi connectivity index (χ3n) is 3.70. The van der Waals surface area contributed by atoms with Crippen LogP contribution in [0.1, 0.15) is 19.3 Å². The minimum absolute atomic E-state index is 0.000537. The summed E-state index contributed by atoms with van der Waals surface area (Å²) in [6.45, 7) is 2.50. The van der Waals surface area contributed by atoms with Crippen LogP contribution in [0.25, 0.3) is 0 Å². The highest BCUT2D eigenvalue weighted by atomic mass is 16.3. The van der Waals surface area contributed by atoms with Gasteiger partial charge in [0.1, 0.15) is 0 Å². The second-order valence-corrected chi connectivity index (χ2v) is 5.43. The van der Waals surface area contributed by atoms with Gasteiger partial charge < -0.3 is 16.2 Å². The van der Waals surface area contributed by atoms with Crippen molar-refractivity contribution in [3.63, 3.8) is 0 Å². The molecule has 5 nitrogen and oxygen atoms in total. The fourth-order valence-electron chi connectivity index (χ4n) is 2.68. The van der Waals surface area contributed by atoms with Gasteiger partial charge in [-0.05, 0) is 56.0 Å². The van der Waals surface area contributed by atoms with E-state index in [1.807, 2.05) is 0 Å². The number of carbonyl (C=O) groups excluding carboxylic acids is 1. The van der Waals surface area contributed by atoms with Crippen molar-refractivity contribution in [2.45, 2.75) is 19.3 Å². The summed E-state index contributed by atoms with van der Waals surface area (Å²) in [7, 11) is 0. The van der Waals surface area contributed by atoms with Gasteiger partial charge in [0.05, 0.1) is 6.54 Å². The van der Waals surface area contributed by atoms with E-state index in [9.17, 15) is 4.79 Å². The Labute approximate surface area is 119 Å². The van der Waals surface area contributed by atoms with Gasteiger partial charge in [0.15, 0.2) is 0 Å². The SMILES string of the molecule is Nc1ccc(NC(=O)CN2CCCC(CCO)C2)cc1. The maximum atomic E-state index is 12.0. The van der Waals surface area contributed by atoms with Crippen molar-refractivity contribution in [1.82, 2.24) is 4.90 Å². The lowest BCUT2D eigenvalue weighted by atomic mass is 9.95. The van der Waals surface area contributed by atoms with Crippen LogP contribution in [-0.2, 0) is 4.79 Å². The van der Waals surface area contributed by atoms with Crippen LogP contribution in [0.2, 0.25) is 0 Å². The molecule has 1 fully saturated rings. The Morgan fingerprint density at radius 3 is 2.85 bits per heavy atom. The lowest BCUT2D eigenvalue weighted by Gasteiger charge is -2.31. The summed E-state index contributed by atoms with van der Waals surface area (Å²) >= 11 is 0. The number of amides is 1. The normalized spacial score (nSPS) is 19.8. The average Bonchev–Trinajstić information content (AvgIpc) is 2.42. The minimum atomic E-state index is -0.000537. The Morgan fingerprint density at radius 1 is 1.40 bits per heavy atom. The molecular formula is C15H23N3O2. The average molecular weight is 277 g/mol. The number of rotatable bonds is 5. The minimum Gasteiger partial charge on any atom is -0.399 e. The summed E-state index contributed by atoms with van der Waals surface area (Å²) in [6.07, 6.45) is 3.08. The number of aliphatic hydroxyl groups excluding tert-OH is 1. The first kappa shape index (κ1) is 14.8. The van der Waals surface area contributed by atoms with Crippen molar-refractivity contribution >= 4 is 17.3 Å². The molecule has 1 heterocycles. The lowest BCUT2D eigenvalue weighted by molar-refractivity contribution is -0.117. The fourth-order valence-corrected chi connectivity index (χ4v) is 2.68. The third kappa shape index (κ3) is 4.51. The number of nitrogens with two attached hydrogens (primary N) is 1. The molecule has 5 heteroatoms. The summed E-state index contributed by atoms with van der Waals surface area (Å²) in [4.78, 5) is 14.2. The van der Waals surface area contributed by atoms with E-state index in [0.717, 1.165) is 38.0 Å². The number of hydrogen-bond acceptors (Lipinski definition) is 4. The van der Waals surface area contributed by atoms with E-state index >= 15 is 0 Å². The molecule has 2 rings (SSSR count). The van der Waals surface area contributed by atoms with Gasteiger partial charge in [-0.1, -0.05) is 0 Å². The largest absolute Gasteiger partial charge is 0.399 e. The van der Waals surface area contributed by atoms with Gasteiger partial charge in [0.2, 0.25) is 5.91 Å². The molecule has 0 saturated carbocycles. The molecule has 110 valence electrons. The Bertz CT molecular complexity index is 431. The van der Waals surface area contributed by atoms with Crippen LogP contribution in [0.15, 0.2) is 24.3 Å². The van der Waals surface area contributed by atoms with Crippen LogP contribution in [0.3, 0.4) is 0 Å². The number of anilines is 2. The van der Waals surface area contributed by atoms with Crippen molar-refractivity contribution in [2.75, 3.05) is 37.3 Å². The van der Waals surface area contributed by atoms with E-state index in [-0.39, 0.29) is 12.5 Å². The van der Waals surface area contributed by atoms with Gasteiger partial charge in [-0.25, -0.2) is 0 Å². The zero-order valence-electron chi connectivity index (χ0n) is 11.7. The van der Waals surface area contributed by atoms with Crippen LogP contribution in [0, 0.1) is 5.92 Å². The molecule has 1 aromatic rings. The molecule has 1 amide bonds. The number of nitrogen functional groups attached to an aromatic ring is 1. The van der Waals surface area contributed by atoms with Gasteiger partial charge in [-0.3, -0.25) is 9.69 Å². The predicted octanol–water partition coefficient (Wildman–Crippen LogP) is 1.30. The highest BCUT2D eigenvalue weighted by molar-refractivity contribution is 5.92. The number of carbonyl (C=O) groups is 1. The molecule has 1 unspecified atom stereocenters. The highest BCUT2D eigenvalue weighted by Crippen LogP contribution is 2.19. The Kier molecular flexibility index (Phi) is 5.38. The fraction of sp³-hybridized carbons (Fsp3) is 0.533. The van der Waals surface area contributed by atoms with Crippen molar-refractivity contribution < 1.29 is 9.90 Å². The first-order valence-electron chi connectivity index (χ1n) is 7.16. The number of piperidine rings is 1. The summed E-state index contributed by atoms with van der Waals surface area (Å²) in [6, 6.07) is 7.15. The van der Waals surface area contributed by atoms with Crippen molar-refractivity contribution in [3.8, 4) is 0 Å². The van der Waals surface area contributed by atoms with E-state index in [1.54, 1.807) is 24.3 Å². The van der Waals surface area contributed by atoms with Crippen molar-refractivity contribution in [1.29, 1.82) is 0 Å². The molecule has 1 saturated heterocycles. The molecule has 1 aromatic carbocycles. The summed E-state index contributed by atoms with van der Waals surface area (Å²) in [5.74, 6) is 0.512. The second-order valence-electron chi connectivity index (χ2n) is 5.43. The first-order valence-corrected chi connectivity index (χ1v) is 7.16. The van der Waals surface area contributed by atoms with E-state index in [0.29, 0.717) is 18.2 Å². The number of benzene rings is 1. The summed E-state index contributed by atoms with van der Waals surface area (Å²) in [5, 5.41) is 11.9. The Balaban J connectivity index is 1.80. The Morgan fingerprint density at radius 2 is 2.15 bits per heavy atom. The zero-order chi connectivity index (χ0) is 14.4. The standard InChI is InChI=1S/C15H23N3O2/c16-13-3-5-14(6-4-13)17-15(20)11-18-8-1-2-12(10-18)7-9-19/h3-6,12,19H,1-2,7-11,16H2,(H,17,20). The van der Waals surface area contributed by atoms with E-state index < -0.39 is 0 Å². The quantitative estimate of drug-likeness (QED) is 0.709. The molecule has 4 N–H and O–H groups in total. The van der Waals surface area contributed by atoms with Gasteiger partial charge in [-0.15, -0.1) is 0 Å². The van der Waals surface area contributed by atoms with Crippen LogP contribution >= 0.6 is 0 Å². The molecule has 1 atom stereocenters. The molecular weight excluding hydrogens is 254 g/mol. The van der Waals surface area contributed by atoms with Crippen LogP contribution in [0.5, 0.6) is 0 Å². The molecule has 0 radical (unpaired) electrons. The van der Waals surface area contributed by atoms with E-state index in [4.69, 9.17) is 10.8 Å². The molecule has 0 bridgehead atoms. The molecule has 0 aliphatic carbocycles. The van der Waals surface area contributed by atoms with Crippen molar-refractivity contribution in [2.24, 2.45) is 5.92 Å². The molecule has 1 aliphatic rings. The smallest absolute Gasteiger partial charge is 0.238 e. The highest BCUT2D eigenvalue weighted by Gasteiger charge is 2.21. The predicted molar refractivity (Wildman–Crippen MR) is 80.4 cm³/mol. The molecule has 1 aliphatic heterocycles. The second kappa shape index (κ2) is 7.26. The number of hydrogen-bond donors (Lipinski definition) is 3. The van der Waals surface area contributed by atoms with Gasteiger partial charge in [0, 0.05) is 24.5 Å². The Hall–Kier alpha value is -1.59. The van der Waals surface area contributed by atoms with E-state index in [1.165, 1.54) is 0 Å². The number of aliphatic hydroxyl groups is 1. The van der Waals surface area contributed by atoms with Gasteiger partial charge in [-0.2, -0.15) is 0 Å².